The van der Waals surface area contributed by atoms with Crippen molar-refractivity contribution >= 4 is 10.0 Å². The Morgan fingerprint density at radius 2 is 1.67 bits per heavy atom. The number of hydrogen-bond acceptors (Lipinski definition) is 5. The van der Waals surface area contributed by atoms with E-state index >= 15 is 0 Å². The Balaban J connectivity index is 2.18. The standard InChI is InChI=1S/C14H21NO5S/c1-19-13-9-15(10-14(13)20-2)21(17,18)12-5-3-11(4-6-12)7-8-16/h3-6,13-14,16H,7-10H2,1-2H3. The quantitative estimate of drug-likeness (QED) is 0.815. The average Bonchev–Trinajstić information content (AvgIpc) is 2.92. The smallest absolute Gasteiger partial charge is 0.243 e. The Labute approximate surface area is 125 Å². The number of aliphatic hydroxyl groups excluding tert-OH is 1. The van der Waals surface area contributed by atoms with E-state index in [1.807, 2.05) is 0 Å². The molecule has 1 N–H and O–H groups in total. The first-order chi connectivity index (χ1) is 10.0. The summed E-state index contributed by atoms with van der Waals surface area (Å²) in [7, 11) is -0.441. The highest BCUT2D eigenvalue weighted by Crippen LogP contribution is 2.24. The van der Waals surface area contributed by atoms with Crippen molar-refractivity contribution in [2.24, 2.45) is 0 Å². The van der Waals surface area contributed by atoms with Crippen LogP contribution in [0.5, 0.6) is 0 Å². The molecule has 2 unspecified atom stereocenters. The topological polar surface area (TPSA) is 76.1 Å². The molecule has 0 aliphatic carbocycles. The van der Waals surface area contributed by atoms with E-state index in [0.717, 1.165) is 5.56 Å². The highest BCUT2D eigenvalue weighted by Gasteiger charge is 2.39. The van der Waals surface area contributed by atoms with Gasteiger partial charge in [-0.05, 0) is 24.1 Å². The molecular weight excluding hydrogens is 294 g/mol. The van der Waals surface area contributed by atoms with Crippen LogP contribution in [-0.2, 0) is 25.9 Å². The highest BCUT2D eigenvalue weighted by atomic mass is 32.2. The molecule has 118 valence electrons. The van der Waals surface area contributed by atoms with Gasteiger partial charge in [-0.15, -0.1) is 0 Å². The van der Waals surface area contributed by atoms with Gasteiger partial charge in [0, 0.05) is 33.9 Å². The van der Waals surface area contributed by atoms with Gasteiger partial charge in [0.2, 0.25) is 10.0 Å². The molecule has 0 spiro atoms. The monoisotopic (exact) mass is 315 g/mol. The summed E-state index contributed by atoms with van der Waals surface area (Å²) in [5, 5.41) is 8.88. The van der Waals surface area contributed by atoms with Gasteiger partial charge < -0.3 is 14.6 Å². The SMILES string of the molecule is COC1CN(S(=O)(=O)c2ccc(CCO)cc2)CC1OC. The lowest BCUT2D eigenvalue weighted by molar-refractivity contribution is -0.00461. The van der Waals surface area contributed by atoms with Crippen LogP contribution in [0, 0.1) is 0 Å². The van der Waals surface area contributed by atoms with Crippen LogP contribution in [0.25, 0.3) is 0 Å². The molecular formula is C14H21NO5S. The lowest BCUT2D eigenvalue weighted by Crippen LogP contribution is -2.30. The van der Waals surface area contributed by atoms with Crippen molar-refractivity contribution in [3.05, 3.63) is 29.8 Å². The van der Waals surface area contributed by atoms with Crippen molar-refractivity contribution in [1.29, 1.82) is 0 Å². The van der Waals surface area contributed by atoms with Crippen LogP contribution in [0.2, 0.25) is 0 Å². The highest BCUT2D eigenvalue weighted by molar-refractivity contribution is 7.89. The number of methoxy groups -OCH3 is 2. The number of benzene rings is 1. The van der Waals surface area contributed by atoms with E-state index in [9.17, 15) is 8.42 Å². The van der Waals surface area contributed by atoms with E-state index < -0.39 is 10.0 Å². The molecule has 2 atom stereocenters. The zero-order chi connectivity index (χ0) is 15.5. The zero-order valence-electron chi connectivity index (χ0n) is 12.2. The number of nitrogens with zero attached hydrogens (tertiary/aromatic N) is 1. The minimum atomic E-state index is -3.55. The number of ether oxygens (including phenoxy) is 2. The van der Waals surface area contributed by atoms with Crippen LogP contribution >= 0.6 is 0 Å². The van der Waals surface area contributed by atoms with Gasteiger partial charge in [0.25, 0.3) is 0 Å². The summed E-state index contributed by atoms with van der Waals surface area (Å²) in [6, 6.07) is 6.59. The Hall–Kier alpha value is -0.990. The lowest BCUT2D eigenvalue weighted by atomic mass is 10.2. The fourth-order valence-electron chi connectivity index (χ4n) is 2.47. The second-order valence-corrected chi connectivity index (χ2v) is 6.93. The Morgan fingerprint density at radius 3 is 2.10 bits per heavy atom. The van der Waals surface area contributed by atoms with Crippen molar-refractivity contribution in [2.75, 3.05) is 33.9 Å². The minimum Gasteiger partial charge on any atom is -0.396 e. The first kappa shape index (κ1) is 16.4. The van der Waals surface area contributed by atoms with Crippen LogP contribution in [-0.4, -0.2) is 64.0 Å². The summed E-state index contributed by atoms with van der Waals surface area (Å²) in [5.74, 6) is 0. The van der Waals surface area contributed by atoms with Gasteiger partial charge in [-0.2, -0.15) is 4.31 Å². The predicted octanol–water partition coefficient (Wildman–Crippen LogP) is 0.256. The predicted molar refractivity (Wildman–Crippen MR) is 77.6 cm³/mol. The zero-order valence-corrected chi connectivity index (χ0v) is 13.0. The maximum Gasteiger partial charge on any atom is 0.243 e. The van der Waals surface area contributed by atoms with Crippen molar-refractivity contribution in [3.63, 3.8) is 0 Å². The van der Waals surface area contributed by atoms with Crippen LogP contribution in [0.15, 0.2) is 29.2 Å². The molecule has 1 aliphatic rings. The van der Waals surface area contributed by atoms with Gasteiger partial charge in [-0.3, -0.25) is 0 Å². The van der Waals surface area contributed by atoms with Gasteiger partial charge in [-0.25, -0.2) is 8.42 Å². The van der Waals surface area contributed by atoms with Crippen molar-refractivity contribution < 1.29 is 23.0 Å². The molecule has 2 rings (SSSR count). The van der Waals surface area contributed by atoms with E-state index in [1.165, 1.54) is 4.31 Å². The third-order valence-corrected chi connectivity index (χ3v) is 5.59. The second kappa shape index (κ2) is 6.85. The maximum absolute atomic E-state index is 12.6. The molecule has 0 radical (unpaired) electrons. The van der Waals surface area contributed by atoms with E-state index in [2.05, 4.69) is 0 Å². The third-order valence-electron chi connectivity index (χ3n) is 3.75. The number of hydrogen-bond donors (Lipinski definition) is 1. The lowest BCUT2D eigenvalue weighted by Gasteiger charge is -2.16. The maximum atomic E-state index is 12.6. The van der Waals surface area contributed by atoms with E-state index in [1.54, 1.807) is 38.5 Å². The van der Waals surface area contributed by atoms with Crippen molar-refractivity contribution in [3.8, 4) is 0 Å². The van der Waals surface area contributed by atoms with Crippen molar-refractivity contribution in [1.82, 2.24) is 4.31 Å². The second-order valence-electron chi connectivity index (χ2n) is 4.99. The van der Waals surface area contributed by atoms with Crippen LogP contribution in [0.4, 0.5) is 0 Å². The normalized spacial score (nSPS) is 23.6. The fraction of sp³-hybridized carbons (Fsp3) is 0.571. The summed E-state index contributed by atoms with van der Waals surface area (Å²) in [6.45, 7) is 0.620. The van der Waals surface area contributed by atoms with Crippen molar-refractivity contribution in [2.45, 2.75) is 23.5 Å². The van der Waals surface area contributed by atoms with Gasteiger partial charge >= 0.3 is 0 Å². The molecule has 0 bridgehead atoms. The number of aliphatic hydroxyl groups is 1. The molecule has 1 saturated heterocycles. The van der Waals surface area contributed by atoms with Gasteiger partial charge in [0.05, 0.1) is 17.1 Å². The molecule has 1 heterocycles. The Morgan fingerprint density at radius 1 is 1.14 bits per heavy atom. The number of sulfonamides is 1. The summed E-state index contributed by atoms with van der Waals surface area (Å²) >= 11 is 0. The van der Waals surface area contributed by atoms with E-state index in [4.69, 9.17) is 14.6 Å². The molecule has 7 heteroatoms. The number of rotatable bonds is 6. The molecule has 1 aliphatic heterocycles. The summed E-state index contributed by atoms with van der Waals surface area (Å²) in [6.07, 6.45) is 0.0125. The Kier molecular flexibility index (Phi) is 5.34. The molecule has 0 saturated carbocycles. The largest absolute Gasteiger partial charge is 0.396 e. The summed E-state index contributed by atoms with van der Waals surface area (Å²) in [5.41, 5.74) is 0.905. The Bertz CT molecular complexity index is 545. The first-order valence-electron chi connectivity index (χ1n) is 6.78. The molecule has 0 amide bonds. The summed E-state index contributed by atoms with van der Waals surface area (Å²) in [4.78, 5) is 0.246. The third kappa shape index (κ3) is 3.44. The molecule has 21 heavy (non-hydrogen) atoms. The molecule has 0 aromatic heterocycles. The van der Waals surface area contributed by atoms with Gasteiger partial charge in [0.1, 0.15) is 0 Å². The van der Waals surface area contributed by atoms with Crippen LogP contribution in [0.1, 0.15) is 5.56 Å². The first-order valence-corrected chi connectivity index (χ1v) is 8.22. The van der Waals surface area contributed by atoms with Gasteiger partial charge in [0.15, 0.2) is 0 Å². The molecule has 1 fully saturated rings. The molecule has 1 aromatic carbocycles. The minimum absolute atomic E-state index is 0.0449. The van der Waals surface area contributed by atoms with E-state index in [-0.39, 0.29) is 36.8 Å². The molecule has 6 nitrogen and oxygen atoms in total. The van der Waals surface area contributed by atoms with Crippen LogP contribution < -0.4 is 0 Å². The molecule has 1 aromatic rings. The van der Waals surface area contributed by atoms with Crippen LogP contribution in [0.3, 0.4) is 0 Å². The van der Waals surface area contributed by atoms with Gasteiger partial charge in [-0.1, -0.05) is 12.1 Å². The van der Waals surface area contributed by atoms with E-state index in [0.29, 0.717) is 6.42 Å². The average molecular weight is 315 g/mol. The summed E-state index contributed by atoms with van der Waals surface area (Å²) < 4.78 is 37.1. The fourth-order valence-corrected chi connectivity index (χ4v) is 3.93.